The fourth-order valence-corrected chi connectivity index (χ4v) is 3.86. The number of aromatic nitrogens is 2. The summed E-state index contributed by atoms with van der Waals surface area (Å²) in [6.07, 6.45) is 6.32. The molecule has 0 saturated carbocycles. The van der Waals surface area contributed by atoms with E-state index in [0.29, 0.717) is 16.6 Å². The molecule has 3 nitrogen and oxygen atoms in total. The van der Waals surface area contributed by atoms with Crippen LogP contribution in [0.15, 0.2) is 35.1 Å². The number of nitrogens with one attached hydrogen (secondary N) is 1. The van der Waals surface area contributed by atoms with Crippen molar-refractivity contribution in [3.8, 4) is 11.3 Å². The number of hydrogen-bond acceptors (Lipinski definition) is 2. The van der Waals surface area contributed by atoms with Crippen molar-refractivity contribution in [2.24, 2.45) is 5.73 Å². The number of nitrogens with zero attached hydrogens (tertiary/aromatic N) is 1. The van der Waals surface area contributed by atoms with Crippen molar-refractivity contribution in [1.29, 1.82) is 0 Å². The lowest BCUT2D eigenvalue weighted by molar-refractivity contribution is 0.748. The second-order valence-electron chi connectivity index (χ2n) is 5.39. The Bertz CT molecular complexity index is 845. The van der Waals surface area contributed by atoms with Gasteiger partial charge in [-0.3, -0.25) is 4.98 Å². The third-order valence-corrected chi connectivity index (χ3v) is 4.91. The maximum absolute atomic E-state index is 6.41. The first-order valence-corrected chi connectivity index (χ1v) is 8.96. The number of halogens is 3. The predicted molar refractivity (Wildman–Crippen MR) is 101 cm³/mol. The summed E-state index contributed by atoms with van der Waals surface area (Å²) in [5.41, 5.74) is 9.72. The molecule has 0 unspecified atom stereocenters. The van der Waals surface area contributed by atoms with Gasteiger partial charge in [-0.1, -0.05) is 39.1 Å². The van der Waals surface area contributed by atoms with Crippen LogP contribution in [0.1, 0.15) is 18.4 Å². The van der Waals surface area contributed by atoms with E-state index in [0.717, 1.165) is 45.9 Å². The molecule has 0 aliphatic rings. The van der Waals surface area contributed by atoms with Crippen LogP contribution >= 0.6 is 39.1 Å². The molecule has 0 fully saturated rings. The Balaban J connectivity index is 2.21. The zero-order chi connectivity index (χ0) is 16.4. The lowest BCUT2D eigenvalue weighted by atomic mass is 10.0. The molecule has 6 heteroatoms. The molecule has 3 N–H and O–H groups in total. The molecule has 23 heavy (non-hydrogen) atoms. The van der Waals surface area contributed by atoms with E-state index >= 15 is 0 Å². The van der Waals surface area contributed by atoms with Crippen LogP contribution in [-0.4, -0.2) is 16.5 Å². The number of unbranched alkanes of at least 4 members (excludes halogenated alkanes) is 1. The molecule has 0 aliphatic carbocycles. The minimum absolute atomic E-state index is 0.620. The van der Waals surface area contributed by atoms with E-state index in [1.54, 1.807) is 12.4 Å². The third kappa shape index (κ3) is 3.41. The number of nitrogens with two attached hydrogens (primary N) is 1. The molecule has 0 atom stereocenters. The summed E-state index contributed by atoms with van der Waals surface area (Å²) in [6, 6.07) is 5.90. The molecule has 2 heterocycles. The van der Waals surface area contributed by atoms with Gasteiger partial charge in [0.1, 0.15) is 0 Å². The molecule has 2 aromatic heterocycles. The zero-order valence-corrected chi connectivity index (χ0v) is 15.5. The maximum atomic E-state index is 6.41. The number of fused-ring (bicyclic) bond motifs is 1. The van der Waals surface area contributed by atoms with Crippen molar-refractivity contribution in [3.63, 3.8) is 0 Å². The Morgan fingerprint density at radius 2 is 2.00 bits per heavy atom. The fraction of sp³-hybridized carbons (Fsp3) is 0.235. The predicted octanol–water partition coefficient (Wildman–Crippen LogP) is 5.58. The van der Waals surface area contributed by atoms with E-state index in [1.807, 2.05) is 12.1 Å². The highest BCUT2D eigenvalue weighted by molar-refractivity contribution is 9.10. The molecule has 1 aromatic carbocycles. The smallest absolute Gasteiger partial charge is 0.0682 e. The average Bonchev–Trinajstić information content (AvgIpc) is 2.87. The van der Waals surface area contributed by atoms with Gasteiger partial charge < -0.3 is 10.7 Å². The zero-order valence-electron chi connectivity index (χ0n) is 12.4. The first-order valence-electron chi connectivity index (χ1n) is 7.41. The van der Waals surface area contributed by atoms with E-state index in [4.69, 9.17) is 28.9 Å². The fourth-order valence-electron chi connectivity index (χ4n) is 2.79. The van der Waals surface area contributed by atoms with Gasteiger partial charge in [0.15, 0.2) is 0 Å². The summed E-state index contributed by atoms with van der Waals surface area (Å²) >= 11 is 16.3. The van der Waals surface area contributed by atoms with Crippen LogP contribution in [0, 0.1) is 0 Å². The molecular formula is C17H16BrCl2N3. The van der Waals surface area contributed by atoms with Gasteiger partial charge in [-0.25, -0.2) is 0 Å². The number of rotatable bonds is 5. The normalized spacial score (nSPS) is 11.3. The van der Waals surface area contributed by atoms with Gasteiger partial charge in [-0.05, 0) is 49.6 Å². The summed E-state index contributed by atoms with van der Waals surface area (Å²) in [6.45, 7) is 0.693. The first kappa shape index (κ1) is 16.8. The van der Waals surface area contributed by atoms with Crippen molar-refractivity contribution in [2.75, 3.05) is 6.54 Å². The SMILES string of the molecule is NCCCCc1c(-c2ccncc2Cl)[nH]c2c(Cl)cc(Br)cc12. The minimum atomic E-state index is 0.620. The third-order valence-electron chi connectivity index (χ3n) is 3.85. The monoisotopic (exact) mass is 411 g/mol. The summed E-state index contributed by atoms with van der Waals surface area (Å²) in [4.78, 5) is 7.51. The van der Waals surface area contributed by atoms with Gasteiger partial charge in [0.25, 0.3) is 0 Å². The van der Waals surface area contributed by atoms with Gasteiger partial charge in [-0.2, -0.15) is 0 Å². The molecular weight excluding hydrogens is 397 g/mol. The Morgan fingerprint density at radius 3 is 2.74 bits per heavy atom. The van der Waals surface area contributed by atoms with Gasteiger partial charge in [0.2, 0.25) is 0 Å². The average molecular weight is 413 g/mol. The molecule has 0 spiro atoms. The summed E-state index contributed by atoms with van der Waals surface area (Å²) in [5.74, 6) is 0. The molecule has 0 amide bonds. The number of benzene rings is 1. The van der Waals surface area contributed by atoms with Gasteiger partial charge in [-0.15, -0.1) is 0 Å². The van der Waals surface area contributed by atoms with E-state index in [2.05, 4.69) is 32.0 Å². The van der Waals surface area contributed by atoms with Crippen molar-refractivity contribution >= 4 is 50.0 Å². The number of aryl methyl sites for hydroxylation is 1. The quantitative estimate of drug-likeness (QED) is 0.537. The highest BCUT2D eigenvalue weighted by Crippen LogP contribution is 2.38. The lowest BCUT2D eigenvalue weighted by Crippen LogP contribution is -1.99. The maximum Gasteiger partial charge on any atom is 0.0682 e. The number of hydrogen-bond donors (Lipinski definition) is 2. The molecule has 0 radical (unpaired) electrons. The highest BCUT2D eigenvalue weighted by Gasteiger charge is 2.17. The topological polar surface area (TPSA) is 54.7 Å². The van der Waals surface area contributed by atoms with Crippen LogP contribution in [0.3, 0.4) is 0 Å². The van der Waals surface area contributed by atoms with Crippen LogP contribution in [0.4, 0.5) is 0 Å². The molecule has 3 rings (SSSR count). The van der Waals surface area contributed by atoms with Crippen LogP contribution < -0.4 is 5.73 Å². The second-order valence-corrected chi connectivity index (χ2v) is 7.12. The summed E-state index contributed by atoms with van der Waals surface area (Å²) in [5, 5.41) is 2.42. The molecule has 3 aromatic rings. The van der Waals surface area contributed by atoms with Gasteiger partial charge >= 0.3 is 0 Å². The van der Waals surface area contributed by atoms with E-state index < -0.39 is 0 Å². The molecule has 0 aliphatic heterocycles. The first-order chi connectivity index (χ1) is 11.1. The lowest BCUT2D eigenvalue weighted by Gasteiger charge is -2.06. The van der Waals surface area contributed by atoms with Crippen molar-refractivity contribution < 1.29 is 0 Å². The van der Waals surface area contributed by atoms with E-state index in [1.165, 1.54) is 5.56 Å². The summed E-state index contributed by atoms with van der Waals surface area (Å²) < 4.78 is 0.960. The largest absolute Gasteiger partial charge is 0.353 e. The highest BCUT2D eigenvalue weighted by atomic mass is 79.9. The van der Waals surface area contributed by atoms with Crippen LogP contribution in [0.5, 0.6) is 0 Å². The van der Waals surface area contributed by atoms with Crippen LogP contribution in [-0.2, 0) is 6.42 Å². The van der Waals surface area contributed by atoms with Crippen molar-refractivity contribution in [2.45, 2.75) is 19.3 Å². The van der Waals surface area contributed by atoms with E-state index in [-0.39, 0.29) is 0 Å². The Morgan fingerprint density at radius 1 is 1.17 bits per heavy atom. The Kier molecular flexibility index (Phi) is 5.27. The van der Waals surface area contributed by atoms with Gasteiger partial charge in [0.05, 0.1) is 21.3 Å². The van der Waals surface area contributed by atoms with Crippen LogP contribution in [0.2, 0.25) is 10.0 Å². The molecule has 120 valence electrons. The van der Waals surface area contributed by atoms with Gasteiger partial charge in [0, 0.05) is 27.8 Å². The van der Waals surface area contributed by atoms with Crippen LogP contribution in [0.25, 0.3) is 22.2 Å². The minimum Gasteiger partial charge on any atom is -0.353 e. The number of pyridine rings is 1. The van der Waals surface area contributed by atoms with Crippen molar-refractivity contribution in [3.05, 3.63) is 50.7 Å². The molecule has 0 bridgehead atoms. The summed E-state index contributed by atoms with van der Waals surface area (Å²) in [7, 11) is 0. The second kappa shape index (κ2) is 7.22. The molecule has 0 saturated heterocycles. The number of H-pyrrole nitrogens is 1. The van der Waals surface area contributed by atoms with E-state index in [9.17, 15) is 0 Å². The Labute approximate surface area is 153 Å². The standard InChI is InChI=1S/C17H16BrCl2N3/c18-10-7-13-11(3-1-2-5-21)16(23-17(13)14(19)8-10)12-4-6-22-9-15(12)20/h4,6-9,23H,1-3,5,21H2. The Hall–Kier alpha value is -1.07. The number of aromatic amines is 1. The van der Waals surface area contributed by atoms with Crippen molar-refractivity contribution in [1.82, 2.24) is 9.97 Å².